The standard InChI is InChI=1S/C32H43F3N2O3/c1-29-13-14-31(40,19-23(29)7-8-24-25-9-10-27(38)30(25,2)12-11-26(24)29)20-36-15-17-37(18-16-36)28(39)21-3-5-22(6-4-21)32(33,34)35/h3-6,23-26,40H,7-20H2,1-2H3/t23?,24-,25-,26+,29-,30-,31?/m0/s1. The van der Waals surface area contributed by atoms with E-state index < -0.39 is 17.3 Å². The first kappa shape index (κ1) is 28.2. The third kappa shape index (κ3) is 4.71. The van der Waals surface area contributed by atoms with Crippen molar-refractivity contribution < 1.29 is 27.9 Å². The molecule has 0 aromatic heterocycles. The lowest BCUT2D eigenvalue weighted by atomic mass is 9.44. The molecular weight excluding hydrogens is 517 g/mol. The van der Waals surface area contributed by atoms with Gasteiger partial charge in [0.25, 0.3) is 5.91 Å². The number of hydrogen-bond acceptors (Lipinski definition) is 4. The Bertz CT molecular complexity index is 1150. The molecule has 5 nitrogen and oxygen atoms in total. The number of Topliss-reactive ketones (excluding diaryl/α,β-unsaturated/α-hetero) is 1. The van der Waals surface area contributed by atoms with Crippen molar-refractivity contribution in [2.75, 3.05) is 32.7 Å². The molecule has 5 fully saturated rings. The number of hydrogen-bond donors (Lipinski definition) is 1. The van der Waals surface area contributed by atoms with Crippen molar-refractivity contribution in [1.82, 2.24) is 9.80 Å². The number of benzene rings is 1. The van der Waals surface area contributed by atoms with Crippen LogP contribution in [-0.4, -0.2) is 64.9 Å². The maximum absolute atomic E-state index is 12.9. The van der Waals surface area contributed by atoms with Gasteiger partial charge in [-0.05, 0) is 105 Å². The number of piperazine rings is 1. The lowest BCUT2D eigenvalue weighted by molar-refractivity contribution is -0.157. The zero-order valence-corrected chi connectivity index (χ0v) is 23.8. The molecule has 6 rings (SSSR count). The van der Waals surface area contributed by atoms with E-state index in [1.165, 1.54) is 18.6 Å². The third-order valence-corrected chi connectivity index (χ3v) is 12.2. The lowest BCUT2D eigenvalue weighted by Gasteiger charge is -2.61. The minimum absolute atomic E-state index is 0.101. The predicted molar refractivity (Wildman–Crippen MR) is 145 cm³/mol. The predicted octanol–water partition coefficient (Wildman–Crippen LogP) is 5.81. The molecule has 4 aliphatic carbocycles. The van der Waals surface area contributed by atoms with Gasteiger partial charge in [0.05, 0.1) is 11.2 Å². The van der Waals surface area contributed by atoms with E-state index in [0.717, 1.165) is 63.5 Å². The molecular formula is C32H43F3N2O3. The van der Waals surface area contributed by atoms with Gasteiger partial charge < -0.3 is 10.0 Å². The Kier molecular flexibility index (Phi) is 6.93. The summed E-state index contributed by atoms with van der Waals surface area (Å²) in [6, 6.07) is 4.43. The van der Waals surface area contributed by atoms with Crippen molar-refractivity contribution in [1.29, 1.82) is 0 Å². The van der Waals surface area contributed by atoms with Crippen LogP contribution in [0, 0.1) is 34.5 Å². The highest BCUT2D eigenvalue weighted by molar-refractivity contribution is 5.94. The maximum atomic E-state index is 12.9. The molecule has 1 aromatic carbocycles. The normalized spacial score (nSPS) is 40.4. The fourth-order valence-corrected chi connectivity index (χ4v) is 9.75. The van der Waals surface area contributed by atoms with Gasteiger partial charge in [-0.1, -0.05) is 13.8 Å². The number of ketones is 1. The van der Waals surface area contributed by atoms with E-state index in [1.807, 2.05) is 0 Å². The van der Waals surface area contributed by atoms with E-state index in [-0.39, 0.29) is 22.3 Å². The number of rotatable bonds is 3. The number of β-amino-alcohol motifs (C(OH)–C–C–N with tert-alkyl or cyclic N) is 1. The van der Waals surface area contributed by atoms with Crippen molar-refractivity contribution >= 4 is 11.7 Å². The van der Waals surface area contributed by atoms with Crippen LogP contribution >= 0.6 is 0 Å². The summed E-state index contributed by atoms with van der Waals surface area (Å²) in [4.78, 5) is 29.6. The van der Waals surface area contributed by atoms with Crippen molar-refractivity contribution in [3.05, 3.63) is 35.4 Å². The SMILES string of the molecule is C[C@]12CCC(O)(CN3CCN(C(=O)c4ccc(C(F)(F)F)cc4)CC3)CC1CC[C@@H]1[C@H]2CC[C@]2(C)C(=O)CC[C@@H]12. The lowest BCUT2D eigenvalue weighted by Crippen LogP contribution is -2.59. The van der Waals surface area contributed by atoms with Gasteiger partial charge in [-0.25, -0.2) is 0 Å². The summed E-state index contributed by atoms with van der Waals surface area (Å²) in [5.74, 6) is 2.58. The van der Waals surface area contributed by atoms with E-state index >= 15 is 0 Å². The van der Waals surface area contributed by atoms with Crippen molar-refractivity contribution in [3.63, 3.8) is 0 Å². The van der Waals surface area contributed by atoms with Crippen LogP contribution in [0.25, 0.3) is 0 Å². The quantitative estimate of drug-likeness (QED) is 0.507. The first-order valence-electron chi connectivity index (χ1n) is 15.3. The van der Waals surface area contributed by atoms with Gasteiger partial charge in [0.1, 0.15) is 5.78 Å². The second-order valence-corrected chi connectivity index (χ2v) is 14.1. The molecule has 7 atom stereocenters. The molecule has 1 aromatic rings. The molecule has 1 aliphatic heterocycles. The molecule has 40 heavy (non-hydrogen) atoms. The monoisotopic (exact) mass is 560 g/mol. The molecule has 1 heterocycles. The zero-order valence-electron chi connectivity index (χ0n) is 23.8. The molecule has 220 valence electrons. The molecule has 2 unspecified atom stereocenters. The number of carbonyl (C=O) groups excluding carboxylic acids is 2. The highest BCUT2D eigenvalue weighted by atomic mass is 19.4. The minimum atomic E-state index is -4.42. The van der Waals surface area contributed by atoms with Crippen LogP contribution in [0.15, 0.2) is 24.3 Å². The number of amides is 1. The average Bonchev–Trinajstić information content (AvgIpc) is 3.23. The molecule has 0 spiro atoms. The van der Waals surface area contributed by atoms with Gasteiger partial charge >= 0.3 is 6.18 Å². The van der Waals surface area contributed by atoms with Crippen LogP contribution in [0.5, 0.6) is 0 Å². The number of aliphatic hydroxyl groups is 1. The number of alkyl halides is 3. The number of halogens is 3. The van der Waals surface area contributed by atoms with E-state index in [1.54, 1.807) is 4.90 Å². The Morgan fingerprint density at radius 1 is 0.950 bits per heavy atom. The van der Waals surface area contributed by atoms with E-state index in [4.69, 9.17) is 0 Å². The molecule has 1 amide bonds. The second-order valence-electron chi connectivity index (χ2n) is 14.1. The summed E-state index contributed by atoms with van der Waals surface area (Å²) < 4.78 is 38.6. The summed E-state index contributed by atoms with van der Waals surface area (Å²) in [6.45, 7) is 7.60. The molecule has 0 radical (unpaired) electrons. The van der Waals surface area contributed by atoms with Crippen molar-refractivity contribution in [3.8, 4) is 0 Å². The van der Waals surface area contributed by atoms with Gasteiger partial charge in [0, 0.05) is 50.1 Å². The van der Waals surface area contributed by atoms with E-state index in [9.17, 15) is 27.9 Å². The molecule has 5 aliphatic rings. The summed E-state index contributed by atoms with van der Waals surface area (Å²) in [5.41, 5.74) is -1.09. The summed E-state index contributed by atoms with van der Waals surface area (Å²) in [5, 5.41) is 11.8. The van der Waals surface area contributed by atoms with Gasteiger partial charge in [0.15, 0.2) is 0 Å². The molecule has 8 heteroatoms. The van der Waals surface area contributed by atoms with Gasteiger partial charge in [-0.15, -0.1) is 0 Å². The van der Waals surface area contributed by atoms with Crippen LogP contribution in [0.4, 0.5) is 13.2 Å². The Balaban J connectivity index is 1.04. The summed E-state index contributed by atoms with van der Waals surface area (Å²) >= 11 is 0. The molecule has 4 saturated carbocycles. The largest absolute Gasteiger partial charge is 0.416 e. The van der Waals surface area contributed by atoms with Crippen LogP contribution in [0.1, 0.15) is 87.6 Å². The Morgan fingerprint density at radius 3 is 2.33 bits per heavy atom. The Hall–Kier alpha value is -1.93. The highest BCUT2D eigenvalue weighted by Gasteiger charge is 2.61. The van der Waals surface area contributed by atoms with E-state index in [0.29, 0.717) is 62.2 Å². The summed E-state index contributed by atoms with van der Waals surface area (Å²) in [6.07, 6.45) is 4.52. The Morgan fingerprint density at radius 2 is 1.65 bits per heavy atom. The first-order valence-corrected chi connectivity index (χ1v) is 15.3. The fourth-order valence-electron chi connectivity index (χ4n) is 9.75. The van der Waals surface area contributed by atoms with Gasteiger partial charge in [-0.2, -0.15) is 13.2 Å². The number of fused-ring (bicyclic) bond motifs is 5. The van der Waals surface area contributed by atoms with Crippen LogP contribution in [0.3, 0.4) is 0 Å². The Labute approximate surface area is 235 Å². The van der Waals surface area contributed by atoms with Gasteiger partial charge in [-0.3, -0.25) is 14.5 Å². The third-order valence-electron chi connectivity index (χ3n) is 12.2. The number of carbonyl (C=O) groups is 2. The van der Waals surface area contributed by atoms with Gasteiger partial charge in [0.2, 0.25) is 0 Å². The molecule has 1 saturated heterocycles. The topological polar surface area (TPSA) is 60.9 Å². The number of nitrogens with zero attached hydrogens (tertiary/aromatic N) is 2. The minimum Gasteiger partial charge on any atom is -0.389 e. The first-order chi connectivity index (χ1) is 18.8. The van der Waals surface area contributed by atoms with Crippen molar-refractivity contribution in [2.45, 2.75) is 83.4 Å². The highest BCUT2D eigenvalue weighted by Crippen LogP contribution is 2.66. The molecule has 1 N–H and O–H groups in total. The maximum Gasteiger partial charge on any atom is 0.416 e. The van der Waals surface area contributed by atoms with Crippen LogP contribution in [-0.2, 0) is 11.0 Å². The summed E-state index contributed by atoms with van der Waals surface area (Å²) in [7, 11) is 0. The smallest absolute Gasteiger partial charge is 0.389 e. The van der Waals surface area contributed by atoms with Crippen molar-refractivity contribution in [2.24, 2.45) is 34.5 Å². The van der Waals surface area contributed by atoms with E-state index in [2.05, 4.69) is 18.7 Å². The second kappa shape index (κ2) is 9.82. The zero-order chi connectivity index (χ0) is 28.5. The fraction of sp³-hybridized carbons (Fsp3) is 0.750. The van der Waals surface area contributed by atoms with Crippen LogP contribution in [0.2, 0.25) is 0 Å². The van der Waals surface area contributed by atoms with Crippen LogP contribution < -0.4 is 0 Å². The average molecular weight is 561 g/mol. The molecule has 0 bridgehead atoms.